The Labute approximate surface area is 68.1 Å². The van der Waals surface area contributed by atoms with Gasteiger partial charge in [0, 0.05) is 4.47 Å². The van der Waals surface area contributed by atoms with Crippen molar-refractivity contribution in [2.45, 2.75) is 6.10 Å². The van der Waals surface area contributed by atoms with Gasteiger partial charge in [-0.2, -0.15) is 0 Å². The summed E-state index contributed by atoms with van der Waals surface area (Å²) in [4.78, 5) is 0. The van der Waals surface area contributed by atoms with Crippen LogP contribution in [0.25, 0.3) is 0 Å². The Morgan fingerprint density at radius 1 is 1.70 bits per heavy atom. The molecule has 1 aromatic carbocycles. The lowest BCUT2D eigenvalue weighted by molar-refractivity contribution is 0.415. The summed E-state index contributed by atoms with van der Waals surface area (Å²) in [6.07, 6.45) is 0.337. The van der Waals surface area contributed by atoms with Crippen molar-refractivity contribution in [1.29, 1.82) is 0 Å². The molecule has 0 spiro atoms. The van der Waals surface area contributed by atoms with E-state index in [0.717, 1.165) is 11.1 Å². The predicted octanol–water partition coefficient (Wildman–Crippen LogP) is 2.32. The maximum absolute atomic E-state index is 5.13. The van der Waals surface area contributed by atoms with E-state index >= 15 is 0 Å². The molecule has 1 saturated heterocycles. The fourth-order valence-corrected chi connectivity index (χ4v) is 1.43. The summed E-state index contributed by atoms with van der Waals surface area (Å²) >= 11 is 3.43. The lowest BCUT2D eigenvalue weighted by Crippen LogP contribution is -1.80. The molecule has 51 valence electrons. The highest BCUT2D eigenvalue weighted by Crippen LogP contribution is 2.34. The van der Waals surface area contributed by atoms with Gasteiger partial charge in [-0.25, -0.2) is 0 Å². The van der Waals surface area contributed by atoms with Crippen molar-refractivity contribution in [3.05, 3.63) is 34.3 Å². The monoisotopic (exact) mass is 197 g/mol. The van der Waals surface area contributed by atoms with Crippen LogP contribution in [0.4, 0.5) is 0 Å². The number of ether oxygens (including phenoxy) is 1. The normalized spacial score (nSPS) is 22.7. The molecule has 1 aromatic rings. The fraction of sp³-hybridized carbons (Fsp3) is 0.250. The zero-order chi connectivity index (χ0) is 6.97. The Bertz CT molecular complexity index is 243. The van der Waals surface area contributed by atoms with Gasteiger partial charge in [0.1, 0.15) is 6.10 Å². The molecule has 1 heterocycles. The minimum Gasteiger partial charge on any atom is -0.368 e. The van der Waals surface area contributed by atoms with Crippen LogP contribution < -0.4 is 0 Å². The third-order valence-corrected chi connectivity index (χ3v) is 2.21. The molecule has 0 aliphatic carbocycles. The third kappa shape index (κ3) is 1.09. The van der Waals surface area contributed by atoms with E-state index in [9.17, 15) is 0 Å². The van der Waals surface area contributed by atoms with Crippen LogP contribution in [0.15, 0.2) is 22.7 Å². The Morgan fingerprint density at radius 2 is 2.50 bits per heavy atom. The summed E-state index contributed by atoms with van der Waals surface area (Å²) in [6.45, 7) is 0.864. The molecule has 1 fully saturated rings. The van der Waals surface area contributed by atoms with Crippen LogP contribution in [-0.4, -0.2) is 6.61 Å². The molecule has 1 aliphatic rings. The summed E-state index contributed by atoms with van der Waals surface area (Å²) in [6, 6.07) is 8.83. The number of halogens is 1. The van der Waals surface area contributed by atoms with Gasteiger partial charge in [0.05, 0.1) is 6.61 Å². The van der Waals surface area contributed by atoms with Crippen LogP contribution >= 0.6 is 15.9 Å². The summed E-state index contributed by atoms with van der Waals surface area (Å²) < 4.78 is 6.23. The van der Waals surface area contributed by atoms with Gasteiger partial charge in [-0.05, 0) is 17.7 Å². The molecule has 2 heteroatoms. The molecule has 1 aliphatic heterocycles. The first-order valence-electron chi connectivity index (χ1n) is 3.15. The number of hydrogen-bond donors (Lipinski definition) is 0. The quantitative estimate of drug-likeness (QED) is 0.630. The SMILES string of the molecule is Brc1c[c]ccc1C1CO1. The molecular weight excluding hydrogens is 192 g/mol. The summed E-state index contributed by atoms with van der Waals surface area (Å²) in [5.74, 6) is 0. The van der Waals surface area contributed by atoms with Crippen molar-refractivity contribution in [1.82, 2.24) is 0 Å². The van der Waals surface area contributed by atoms with Gasteiger partial charge in [-0.3, -0.25) is 0 Å². The second-order valence-electron chi connectivity index (χ2n) is 2.27. The average molecular weight is 198 g/mol. The number of epoxide rings is 1. The molecule has 1 atom stereocenters. The van der Waals surface area contributed by atoms with Crippen LogP contribution in [0.5, 0.6) is 0 Å². The molecule has 0 aromatic heterocycles. The van der Waals surface area contributed by atoms with E-state index in [4.69, 9.17) is 4.74 Å². The lowest BCUT2D eigenvalue weighted by Gasteiger charge is -1.96. The van der Waals surface area contributed by atoms with Crippen LogP contribution in [0, 0.1) is 6.07 Å². The minimum atomic E-state index is 0.337. The average Bonchev–Trinajstić information content (AvgIpc) is 2.71. The first kappa shape index (κ1) is 6.38. The van der Waals surface area contributed by atoms with E-state index in [-0.39, 0.29) is 0 Å². The second-order valence-corrected chi connectivity index (χ2v) is 3.12. The topological polar surface area (TPSA) is 12.5 Å². The van der Waals surface area contributed by atoms with E-state index < -0.39 is 0 Å². The van der Waals surface area contributed by atoms with E-state index in [2.05, 4.69) is 22.0 Å². The van der Waals surface area contributed by atoms with Gasteiger partial charge in [0.15, 0.2) is 0 Å². The smallest absolute Gasteiger partial charge is 0.107 e. The Kier molecular flexibility index (Phi) is 1.51. The van der Waals surface area contributed by atoms with Gasteiger partial charge < -0.3 is 4.74 Å². The van der Waals surface area contributed by atoms with Crippen LogP contribution in [0.1, 0.15) is 11.7 Å². The van der Waals surface area contributed by atoms with Crippen LogP contribution in [0.3, 0.4) is 0 Å². The maximum Gasteiger partial charge on any atom is 0.107 e. The predicted molar refractivity (Wildman–Crippen MR) is 41.7 cm³/mol. The first-order valence-corrected chi connectivity index (χ1v) is 3.94. The summed E-state index contributed by atoms with van der Waals surface area (Å²) in [5.41, 5.74) is 1.23. The Hall–Kier alpha value is -0.340. The molecule has 0 amide bonds. The summed E-state index contributed by atoms with van der Waals surface area (Å²) in [7, 11) is 0. The largest absolute Gasteiger partial charge is 0.368 e. The molecular formula is C8H6BrO. The maximum atomic E-state index is 5.13. The number of hydrogen-bond acceptors (Lipinski definition) is 1. The zero-order valence-corrected chi connectivity index (χ0v) is 6.89. The fourth-order valence-electron chi connectivity index (χ4n) is 0.911. The molecule has 1 radical (unpaired) electrons. The molecule has 2 rings (SSSR count). The van der Waals surface area contributed by atoms with E-state index in [1.54, 1.807) is 0 Å². The van der Waals surface area contributed by atoms with Gasteiger partial charge in [-0.15, -0.1) is 0 Å². The molecule has 10 heavy (non-hydrogen) atoms. The molecule has 0 bridgehead atoms. The molecule has 1 unspecified atom stereocenters. The number of benzene rings is 1. The lowest BCUT2D eigenvalue weighted by atomic mass is 10.2. The van der Waals surface area contributed by atoms with Crippen LogP contribution in [-0.2, 0) is 4.74 Å². The highest BCUT2D eigenvalue weighted by atomic mass is 79.9. The van der Waals surface area contributed by atoms with Crippen molar-refractivity contribution in [3.8, 4) is 0 Å². The second kappa shape index (κ2) is 2.36. The summed E-state index contributed by atoms with van der Waals surface area (Å²) in [5, 5.41) is 0. The van der Waals surface area contributed by atoms with E-state index in [0.29, 0.717) is 6.10 Å². The van der Waals surface area contributed by atoms with Gasteiger partial charge in [0.2, 0.25) is 0 Å². The molecule has 0 N–H and O–H groups in total. The third-order valence-electron chi connectivity index (χ3n) is 1.53. The van der Waals surface area contributed by atoms with Crippen molar-refractivity contribution >= 4 is 15.9 Å². The highest BCUT2D eigenvalue weighted by Gasteiger charge is 2.26. The highest BCUT2D eigenvalue weighted by molar-refractivity contribution is 9.10. The molecule has 0 saturated carbocycles. The van der Waals surface area contributed by atoms with Crippen LogP contribution in [0.2, 0.25) is 0 Å². The first-order chi connectivity index (χ1) is 4.88. The minimum absolute atomic E-state index is 0.337. The van der Waals surface area contributed by atoms with Crippen molar-refractivity contribution in [2.75, 3.05) is 6.61 Å². The van der Waals surface area contributed by atoms with Crippen molar-refractivity contribution in [2.24, 2.45) is 0 Å². The van der Waals surface area contributed by atoms with Gasteiger partial charge in [0.25, 0.3) is 0 Å². The van der Waals surface area contributed by atoms with Gasteiger partial charge >= 0.3 is 0 Å². The zero-order valence-electron chi connectivity index (χ0n) is 5.30. The molecule has 1 nitrogen and oxygen atoms in total. The Balaban J connectivity index is 2.39. The standard InChI is InChI=1S/C8H6BrO/c9-7-4-2-1-3-6(7)8-5-10-8/h1,3-4,8H,5H2. The Morgan fingerprint density at radius 3 is 3.10 bits per heavy atom. The van der Waals surface area contributed by atoms with Gasteiger partial charge in [-0.1, -0.05) is 28.1 Å². The van der Waals surface area contributed by atoms with E-state index in [1.165, 1.54) is 5.56 Å². The number of rotatable bonds is 1. The van der Waals surface area contributed by atoms with E-state index in [1.807, 2.05) is 18.2 Å². The van der Waals surface area contributed by atoms with Crippen molar-refractivity contribution in [3.63, 3.8) is 0 Å². The van der Waals surface area contributed by atoms with Crippen molar-refractivity contribution < 1.29 is 4.74 Å².